The van der Waals surface area contributed by atoms with Crippen LogP contribution in [0, 0.1) is 0 Å². The van der Waals surface area contributed by atoms with Crippen LogP contribution in [0.2, 0.25) is 0 Å². The molecule has 0 bridgehead atoms. The van der Waals surface area contributed by atoms with E-state index in [2.05, 4.69) is 10.1 Å². The number of ether oxygens (including phenoxy) is 1. The van der Waals surface area contributed by atoms with E-state index in [0.717, 1.165) is 24.5 Å². The van der Waals surface area contributed by atoms with Gasteiger partial charge in [-0.3, -0.25) is 4.68 Å². The van der Waals surface area contributed by atoms with Crippen molar-refractivity contribution in [1.82, 2.24) is 14.8 Å². The van der Waals surface area contributed by atoms with E-state index in [0.29, 0.717) is 13.2 Å². The number of anilines is 1. The molecule has 1 unspecified atom stereocenters. The fraction of sp³-hybridized carbons (Fsp3) is 0.462. The van der Waals surface area contributed by atoms with Gasteiger partial charge >= 0.3 is 5.97 Å². The molecule has 0 N–H and O–H groups in total. The summed E-state index contributed by atoms with van der Waals surface area (Å²) < 4.78 is 7.11. The van der Waals surface area contributed by atoms with Crippen molar-refractivity contribution in [2.45, 2.75) is 25.4 Å². The van der Waals surface area contributed by atoms with Gasteiger partial charge in [0.05, 0.1) is 6.54 Å². The SMILES string of the molecule is O=C(OCCn1cccn1)C1CCCN1c1nccs1. The van der Waals surface area contributed by atoms with Crippen molar-refractivity contribution in [3.8, 4) is 0 Å². The minimum atomic E-state index is -0.196. The summed E-state index contributed by atoms with van der Waals surface area (Å²) in [5, 5.41) is 6.90. The predicted molar refractivity (Wildman–Crippen MR) is 75.7 cm³/mol. The van der Waals surface area contributed by atoms with Crippen LogP contribution < -0.4 is 4.90 Å². The highest BCUT2D eigenvalue weighted by Gasteiger charge is 2.33. The standard InChI is InChI=1S/C13H16N4O2S/c18-12(19-9-8-16-6-2-4-15-16)11-3-1-7-17(11)13-14-5-10-20-13/h2,4-6,10-11H,1,3,7-9H2. The summed E-state index contributed by atoms with van der Waals surface area (Å²) >= 11 is 1.56. The average Bonchev–Trinajstić information content (AvgIpc) is 3.19. The Bertz CT molecular complexity index is 541. The first-order valence-corrected chi connectivity index (χ1v) is 7.53. The predicted octanol–water partition coefficient (Wildman–Crippen LogP) is 1.55. The molecular weight excluding hydrogens is 276 g/mol. The number of thiazole rings is 1. The van der Waals surface area contributed by atoms with Crippen molar-refractivity contribution in [1.29, 1.82) is 0 Å². The van der Waals surface area contributed by atoms with Crippen LogP contribution in [-0.2, 0) is 16.1 Å². The average molecular weight is 292 g/mol. The monoisotopic (exact) mass is 292 g/mol. The highest BCUT2D eigenvalue weighted by Crippen LogP contribution is 2.27. The molecule has 0 radical (unpaired) electrons. The largest absolute Gasteiger partial charge is 0.462 e. The molecule has 1 aliphatic heterocycles. The molecule has 3 heterocycles. The Morgan fingerprint density at radius 3 is 3.20 bits per heavy atom. The molecule has 1 aliphatic rings. The van der Waals surface area contributed by atoms with E-state index in [1.165, 1.54) is 0 Å². The van der Waals surface area contributed by atoms with Gasteiger partial charge in [-0.25, -0.2) is 9.78 Å². The van der Waals surface area contributed by atoms with Crippen LogP contribution in [-0.4, -0.2) is 39.9 Å². The van der Waals surface area contributed by atoms with Crippen molar-refractivity contribution in [2.75, 3.05) is 18.1 Å². The molecule has 3 rings (SSSR count). The topological polar surface area (TPSA) is 60.3 Å². The number of carbonyl (C=O) groups excluding carboxylic acids is 1. The number of hydrogen-bond acceptors (Lipinski definition) is 6. The quantitative estimate of drug-likeness (QED) is 0.783. The molecule has 0 aromatic carbocycles. The Morgan fingerprint density at radius 2 is 2.45 bits per heavy atom. The summed E-state index contributed by atoms with van der Waals surface area (Å²) in [4.78, 5) is 18.5. The number of hydrogen-bond donors (Lipinski definition) is 0. The normalized spacial score (nSPS) is 18.4. The lowest BCUT2D eigenvalue weighted by Crippen LogP contribution is -2.37. The molecule has 2 aromatic rings. The molecule has 7 heteroatoms. The van der Waals surface area contributed by atoms with Crippen LogP contribution in [0.25, 0.3) is 0 Å². The molecule has 0 amide bonds. The van der Waals surface area contributed by atoms with Crippen molar-refractivity contribution in [3.63, 3.8) is 0 Å². The van der Waals surface area contributed by atoms with Crippen LogP contribution in [0.15, 0.2) is 30.0 Å². The van der Waals surface area contributed by atoms with Crippen LogP contribution in [0.5, 0.6) is 0 Å². The highest BCUT2D eigenvalue weighted by molar-refractivity contribution is 7.13. The van der Waals surface area contributed by atoms with Crippen molar-refractivity contribution in [2.24, 2.45) is 0 Å². The van der Waals surface area contributed by atoms with Gasteiger partial charge in [0.2, 0.25) is 0 Å². The first-order valence-electron chi connectivity index (χ1n) is 6.65. The second kappa shape index (κ2) is 6.04. The number of aromatic nitrogens is 3. The van der Waals surface area contributed by atoms with Gasteiger partial charge in [0.25, 0.3) is 0 Å². The summed E-state index contributed by atoms with van der Waals surface area (Å²) in [7, 11) is 0. The second-order valence-corrected chi connectivity index (χ2v) is 5.48. The zero-order valence-electron chi connectivity index (χ0n) is 11.0. The smallest absolute Gasteiger partial charge is 0.328 e. The third-order valence-corrected chi connectivity index (χ3v) is 4.12. The molecule has 2 aromatic heterocycles. The molecule has 106 valence electrons. The van der Waals surface area contributed by atoms with E-state index in [4.69, 9.17) is 4.74 Å². The third kappa shape index (κ3) is 2.82. The van der Waals surface area contributed by atoms with E-state index in [1.807, 2.05) is 22.5 Å². The Hall–Kier alpha value is -1.89. The number of carbonyl (C=O) groups is 1. The maximum atomic E-state index is 12.2. The maximum absolute atomic E-state index is 12.2. The van der Waals surface area contributed by atoms with Gasteiger partial charge in [-0.2, -0.15) is 5.10 Å². The van der Waals surface area contributed by atoms with Gasteiger partial charge in [0.15, 0.2) is 5.13 Å². The summed E-state index contributed by atoms with van der Waals surface area (Å²) in [6.45, 7) is 1.80. The van der Waals surface area contributed by atoms with Crippen LogP contribution in [0.3, 0.4) is 0 Å². The molecule has 0 spiro atoms. The minimum Gasteiger partial charge on any atom is -0.462 e. The van der Waals surface area contributed by atoms with Crippen LogP contribution >= 0.6 is 11.3 Å². The zero-order chi connectivity index (χ0) is 13.8. The van der Waals surface area contributed by atoms with Gasteiger partial charge in [-0.15, -0.1) is 11.3 Å². The van der Waals surface area contributed by atoms with Crippen molar-refractivity contribution >= 4 is 22.4 Å². The van der Waals surface area contributed by atoms with Crippen molar-refractivity contribution < 1.29 is 9.53 Å². The van der Waals surface area contributed by atoms with E-state index < -0.39 is 0 Å². The fourth-order valence-electron chi connectivity index (χ4n) is 2.37. The van der Waals surface area contributed by atoms with Gasteiger partial charge in [0, 0.05) is 30.5 Å². The zero-order valence-corrected chi connectivity index (χ0v) is 11.8. The van der Waals surface area contributed by atoms with Gasteiger partial charge in [-0.05, 0) is 18.9 Å². The Balaban J connectivity index is 1.53. The Morgan fingerprint density at radius 1 is 1.50 bits per heavy atom. The lowest BCUT2D eigenvalue weighted by atomic mass is 10.2. The maximum Gasteiger partial charge on any atom is 0.328 e. The molecular formula is C13H16N4O2S. The van der Waals surface area contributed by atoms with Gasteiger partial charge < -0.3 is 9.64 Å². The third-order valence-electron chi connectivity index (χ3n) is 3.31. The second-order valence-electron chi connectivity index (χ2n) is 4.60. The molecule has 0 saturated carbocycles. The number of rotatable bonds is 5. The van der Waals surface area contributed by atoms with E-state index in [9.17, 15) is 4.79 Å². The first-order chi connectivity index (χ1) is 9.84. The van der Waals surface area contributed by atoms with Crippen molar-refractivity contribution in [3.05, 3.63) is 30.0 Å². The van der Waals surface area contributed by atoms with Crippen LogP contribution in [0.1, 0.15) is 12.8 Å². The number of esters is 1. The summed E-state index contributed by atoms with van der Waals surface area (Å²) in [5.41, 5.74) is 0. The van der Waals surface area contributed by atoms with E-state index in [-0.39, 0.29) is 12.0 Å². The lowest BCUT2D eigenvalue weighted by Gasteiger charge is -2.22. The fourth-order valence-corrected chi connectivity index (χ4v) is 3.09. The molecule has 1 atom stereocenters. The molecule has 20 heavy (non-hydrogen) atoms. The molecule has 0 aliphatic carbocycles. The van der Waals surface area contributed by atoms with E-state index in [1.54, 1.807) is 28.4 Å². The Labute approximate surface area is 121 Å². The van der Waals surface area contributed by atoms with Gasteiger partial charge in [0.1, 0.15) is 12.6 Å². The highest BCUT2D eigenvalue weighted by atomic mass is 32.1. The number of nitrogens with zero attached hydrogens (tertiary/aromatic N) is 4. The first kappa shape index (κ1) is 13.1. The van der Waals surface area contributed by atoms with Crippen LogP contribution in [0.4, 0.5) is 5.13 Å². The summed E-state index contributed by atoms with van der Waals surface area (Å²) in [6, 6.07) is 1.65. The molecule has 6 nitrogen and oxygen atoms in total. The summed E-state index contributed by atoms with van der Waals surface area (Å²) in [6.07, 6.45) is 7.16. The lowest BCUT2D eigenvalue weighted by molar-refractivity contribution is -0.145. The van der Waals surface area contributed by atoms with E-state index >= 15 is 0 Å². The van der Waals surface area contributed by atoms with Gasteiger partial charge in [-0.1, -0.05) is 0 Å². The molecule has 1 fully saturated rings. The minimum absolute atomic E-state index is 0.162. The molecule has 1 saturated heterocycles. The Kier molecular flexibility index (Phi) is 3.96. The summed E-state index contributed by atoms with van der Waals surface area (Å²) in [5.74, 6) is -0.162.